The highest BCUT2D eigenvalue weighted by Gasteiger charge is 1.99. The van der Waals surface area contributed by atoms with Gasteiger partial charge in [0.05, 0.1) is 0 Å². The minimum absolute atomic E-state index is 0.776. The smallest absolute Gasteiger partial charge is 0.327 e. The summed E-state index contributed by atoms with van der Waals surface area (Å²) in [7, 11) is 0. The average Bonchev–Trinajstić information content (AvgIpc) is 2.37. The monoisotopic (exact) mass is 246 g/mol. The molecule has 0 radical (unpaired) electrons. The summed E-state index contributed by atoms with van der Waals surface area (Å²) in [5.74, 6) is -0.206. The Kier molecular flexibility index (Phi) is 8.29. The maximum Gasteiger partial charge on any atom is 0.327 e. The molecular weight excluding hydrogens is 224 g/mol. The lowest BCUT2D eigenvalue weighted by Crippen LogP contribution is -1.94. The van der Waals surface area contributed by atoms with Crippen molar-refractivity contribution < 1.29 is 9.90 Å². The zero-order valence-electron chi connectivity index (χ0n) is 11.2. The lowest BCUT2D eigenvalue weighted by Gasteiger charge is -2.07. The van der Waals surface area contributed by atoms with Crippen LogP contribution in [0.2, 0.25) is 0 Å². The molecule has 0 fully saturated rings. The molecule has 0 spiro atoms. The van der Waals surface area contributed by atoms with Crippen LogP contribution in [0.25, 0.3) is 6.08 Å². The van der Waals surface area contributed by atoms with Crippen molar-refractivity contribution in [3.63, 3.8) is 0 Å². The Morgan fingerprint density at radius 3 is 2.33 bits per heavy atom. The van der Waals surface area contributed by atoms with Crippen LogP contribution < -0.4 is 0 Å². The van der Waals surface area contributed by atoms with E-state index >= 15 is 0 Å². The Morgan fingerprint density at radius 2 is 1.89 bits per heavy atom. The maximum absolute atomic E-state index is 9.25. The van der Waals surface area contributed by atoms with Gasteiger partial charge in [0.1, 0.15) is 0 Å². The van der Waals surface area contributed by atoms with Gasteiger partial charge in [-0.1, -0.05) is 57.3 Å². The van der Waals surface area contributed by atoms with Crippen LogP contribution in [0.5, 0.6) is 0 Å². The van der Waals surface area contributed by atoms with Crippen molar-refractivity contribution in [2.24, 2.45) is 5.92 Å². The second-order valence-electron chi connectivity index (χ2n) is 4.38. The summed E-state index contributed by atoms with van der Waals surface area (Å²) >= 11 is 0. The molecule has 1 rings (SSSR count). The molecule has 2 nitrogen and oxygen atoms in total. The quantitative estimate of drug-likeness (QED) is 0.791. The molecule has 0 unspecified atom stereocenters. The van der Waals surface area contributed by atoms with Gasteiger partial charge in [-0.15, -0.1) is 0 Å². The fraction of sp³-hybridized carbons (Fsp3) is 0.312. The van der Waals surface area contributed by atoms with Crippen molar-refractivity contribution >= 4 is 12.0 Å². The molecule has 0 aliphatic rings. The van der Waals surface area contributed by atoms with Crippen LogP contribution in [0.1, 0.15) is 31.4 Å². The van der Waals surface area contributed by atoms with Gasteiger partial charge in [-0.25, -0.2) is 4.79 Å². The highest BCUT2D eigenvalue weighted by molar-refractivity contribution is 5.78. The van der Waals surface area contributed by atoms with Gasteiger partial charge in [-0.05, 0) is 29.9 Å². The van der Waals surface area contributed by atoms with E-state index in [1.54, 1.807) is 0 Å². The van der Waals surface area contributed by atoms with Gasteiger partial charge in [0.15, 0.2) is 0 Å². The fourth-order valence-corrected chi connectivity index (χ4v) is 1.41. The summed E-state index contributed by atoms with van der Waals surface area (Å²) < 4.78 is 0. The number of benzene rings is 1. The average molecular weight is 246 g/mol. The minimum Gasteiger partial charge on any atom is -0.478 e. The zero-order valence-corrected chi connectivity index (χ0v) is 11.2. The topological polar surface area (TPSA) is 37.3 Å². The number of rotatable bonds is 5. The van der Waals surface area contributed by atoms with Crippen LogP contribution in [0.4, 0.5) is 0 Å². The summed E-state index contributed by atoms with van der Waals surface area (Å²) in [5, 5.41) is 7.60. The molecule has 0 aliphatic carbocycles. The Bertz CT molecular complexity index is 392. The van der Waals surface area contributed by atoms with Gasteiger partial charge in [-0.3, -0.25) is 0 Å². The van der Waals surface area contributed by atoms with E-state index < -0.39 is 5.97 Å². The normalized spacial score (nSPS) is 9.28. The van der Waals surface area contributed by atoms with Crippen molar-refractivity contribution in [2.75, 3.05) is 0 Å². The molecule has 0 aliphatic heterocycles. The Hall–Kier alpha value is -1.83. The van der Waals surface area contributed by atoms with Gasteiger partial charge in [-0.2, -0.15) is 0 Å². The van der Waals surface area contributed by atoms with Crippen molar-refractivity contribution in [3.05, 3.63) is 54.6 Å². The van der Waals surface area contributed by atoms with E-state index in [0.717, 1.165) is 12.0 Å². The van der Waals surface area contributed by atoms with Gasteiger partial charge in [0.25, 0.3) is 0 Å². The summed E-state index contributed by atoms with van der Waals surface area (Å²) in [6, 6.07) is 8.49. The summed E-state index contributed by atoms with van der Waals surface area (Å²) in [5.41, 5.74) is 2.70. The van der Waals surface area contributed by atoms with Crippen molar-refractivity contribution in [2.45, 2.75) is 26.7 Å². The fourth-order valence-electron chi connectivity index (χ4n) is 1.41. The summed E-state index contributed by atoms with van der Waals surface area (Å²) in [6.07, 6.45) is 5.19. The molecule has 0 atom stereocenters. The summed E-state index contributed by atoms with van der Waals surface area (Å²) in [4.78, 5) is 9.25. The van der Waals surface area contributed by atoms with Gasteiger partial charge in [0, 0.05) is 6.08 Å². The van der Waals surface area contributed by atoms with E-state index in [-0.39, 0.29) is 0 Å². The van der Waals surface area contributed by atoms with Crippen molar-refractivity contribution in [1.82, 2.24) is 0 Å². The van der Waals surface area contributed by atoms with E-state index in [9.17, 15) is 4.79 Å². The lowest BCUT2D eigenvalue weighted by molar-refractivity contribution is -0.131. The minimum atomic E-state index is -0.981. The molecule has 0 heterocycles. The van der Waals surface area contributed by atoms with Crippen LogP contribution in [0, 0.1) is 5.92 Å². The molecule has 0 bridgehead atoms. The van der Waals surface area contributed by atoms with E-state index in [4.69, 9.17) is 5.11 Å². The molecule has 0 amide bonds. The lowest BCUT2D eigenvalue weighted by atomic mass is 9.99. The van der Waals surface area contributed by atoms with Crippen LogP contribution in [0.15, 0.2) is 43.5 Å². The van der Waals surface area contributed by atoms with E-state index in [2.05, 4.69) is 51.3 Å². The van der Waals surface area contributed by atoms with Crippen LogP contribution in [0.3, 0.4) is 0 Å². The van der Waals surface area contributed by atoms with Gasteiger partial charge >= 0.3 is 5.97 Å². The Morgan fingerprint density at radius 1 is 1.33 bits per heavy atom. The first kappa shape index (κ1) is 16.2. The third-order valence-electron chi connectivity index (χ3n) is 2.44. The molecule has 1 aromatic rings. The van der Waals surface area contributed by atoms with Crippen LogP contribution in [-0.4, -0.2) is 11.1 Å². The van der Waals surface area contributed by atoms with Gasteiger partial charge < -0.3 is 5.11 Å². The molecule has 0 aromatic heterocycles. The van der Waals surface area contributed by atoms with E-state index in [1.807, 2.05) is 6.08 Å². The standard InChI is InChI=1S/C13H18.C3H4O2/c1-4-12-7-5-6-8-13(12)10-9-11(2)3;1-2-3(4)5/h4-8,11H,1,9-10H2,2-3H3;2H,1H2,(H,4,5). The number of aliphatic carboxylic acids is 1. The molecule has 0 saturated carbocycles. The predicted octanol–water partition coefficient (Wildman–Crippen LogP) is 4.18. The molecule has 1 aromatic carbocycles. The van der Waals surface area contributed by atoms with Crippen LogP contribution >= 0.6 is 0 Å². The first-order chi connectivity index (χ1) is 8.51. The predicted molar refractivity (Wildman–Crippen MR) is 77.5 cm³/mol. The van der Waals surface area contributed by atoms with Crippen molar-refractivity contribution in [1.29, 1.82) is 0 Å². The Labute approximate surface area is 110 Å². The molecule has 98 valence electrons. The number of hydrogen-bond donors (Lipinski definition) is 1. The van der Waals surface area contributed by atoms with Gasteiger partial charge in [0.2, 0.25) is 0 Å². The number of aryl methyl sites for hydroxylation is 1. The highest BCUT2D eigenvalue weighted by Crippen LogP contribution is 2.14. The number of carboxylic acids is 1. The third kappa shape index (κ3) is 7.44. The number of hydrogen-bond acceptors (Lipinski definition) is 1. The number of carbonyl (C=O) groups is 1. The van der Waals surface area contributed by atoms with Crippen LogP contribution in [-0.2, 0) is 11.2 Å². The first-order valence-corrected chi connectivity index (χ1v) is 6.07. The molecule has 2 heteroatoms. The highest BCUT2D eigenvalue weighted by atomic mass is 16.4. The second kappa shape index (κ2) is 9.23. The van der Waals surface area contributed by atoms with E-state index in [1.165, 1.54) is 24.0 Å². The largest absolute Gasteiger partial charge is 0.478 e. The Balaban J connectivity index is 0.000000494. The first-order valence-electron chi connectivity index (χ1n) is 6.07. The molecule has 18 heavy (non-hydrogen) atoms. The van der Waals surface area contributed by atoms with E-state index in [0.29, 0.717) is 0 Å². The van der Waals surface area contributed by atoms with Crippen molar-refractivity contribution in [3.8, 4) is 0 Å². The second-order valence-corrected chi connectivity index (χ2v) is 4.38. The molecular formula is C16H22O2. The molecule has 1 N–H and O–H groups in total. The maximum atomic E-state index is 9.25. The summed E-state index contributed by atoms with van der Waals surface area (Å²) in [6.45, 7) is 11.3. The third-order valence-corrected chi connectivity index (χ3v) is 2.44. The number of carboxylic acid groups (broad SMARTS) is 1. The zero-order chi connectivity index (χ0) is 14.0. The SMILES string of the molecule is C=CC(=O)O.C=Cc1ccccc1CCC(C)C. The molecule has 0 saturated heterocycles.